The van der Waals surface area contributed by atoms with Gasteiger partial charge >= 0.3 is 0 Å². The summed E-state index contributed by atoms with van der Waals surface area (Å²) >= 11 is 0. The van der Waals surface area contributed by atoms with Crippen LogP contribution in [0.1, 0.15) is 5.56 Å². The van der Waals surface area contributed by atoms with Crippen LogP contribution in [0.5, 0.6) is 0 Å². The molecule has 0 aliphatic heterocycles. The first-order chi connectivity index (χ1) is 14.9. The fraction of sp³-hybridized carbons (Fsp3) is 0.0769. The van der Waals surface area contributed by atoms with E-state index in [4.69, 9.17) is 0 Å². The fourth-order valence-corrected chi connectivity index (χ4v) is 8.18. The van der Waals surface area contributed by atoms with Crippen LogP contribution in [0.4, 0.5) is 18.9 Å². The van der Waals surface area contributed by atoms with Gasteiger partial charge in [0.1, 0.15) is 33.4 Å². The molecule has 0 spiro atoms. The molecule has 31 heavy (non-hydrogen) atoms. The van der Waals surface area contributed by atoms with Gasteiger partial charge in [-0.3, -0.25) is 0 Å². The Labute approximate surface area is 181 Å². The second-order valence-electron chi connectivity index (χ2n) is 7.43. The smallest absolute Gasteiger partial charge is 0.202 e. The maximum atomic E-state index is 14.5. The van der Waals surface area contributed by atoms with Gasteiger partial charge < -0.3 is 0 Å². The number of hydrogen-bond donors (Lipinski definition) is 0. The molecule has 0 atom stereocenters. The van der Waals surface area contributed by atoms with Crippen LogP contribution in [0, 0.1) is 24.4 Å². The van der Waals surface area contributed by atoms with Crippen molar-refractivity contribution in [1.82, 2.24) is 0 Å². The van der Waals surface area contributed by atoms with Crippen LogP contribution in [0.2, 0.25) is 0 Å². The third-order valence-electron chi connectivity index (χ3n) is 5.40. The van der Waals surface area contributed by atoms with Crippen LogP contribution in [0.3, 0.4) is 0 Å². The molecule has 1 nitrogen and oxygen atoms in total. The molecule has 0 saturated heterocycles. The van der Waals surface area contributed by atoms with E-state index in [1.807, 2.05) is 61.1 Å². The molecule has 0 radical (unpaired) electrons. The summed E-state index contributed by atoms with van der Waals surface area (Å²) in [7, 11) is -0.947. The molecule has 4 aromatic rings. The zero-order chi connectivity index (χ0) is 22.0. The van der Waals surface area contributed by atoms with E-state index in [0.717, 1.165) is 11.3 Å². The standard InChI is InChI=1S/C26H22F3NP/c1-19-12-14-23(15-13-19)30(2)31(24-9-3-6-20(27)16-24,25-10-4-7-21(28)17-25)26-11-5-8-22(29)18-26/h3-18H,1-2H3/q+1. The molecule has 0 aromatic heterocycles. The van der Waals surface area contributed by atoms with E-state index in [-0.39, 0.29) is 0 Å². The first-order valence-electron chi connectivity index (χ1n) is 9.89. The Morgan fingerprint density at radius 3 is 1.32 bits per heavy atom. The lowest BCUT2D eigenvalue weighted by molar-refractivity contribution is 0.629. The summed E-state index contributed by atoms with van der Waals surface area (Å²) in [5.41, 5.74) is 1.97. The maximum Gasteiger partial charge on any atom is 0.202 e. The molecule has 4 rings (SSSR count). The molecule has 156 valence electrons. The molecular weight excluding hydrogens is 414 g/mol. The van der Waals surface area contributed by atoms with Gasteiger partial charge in [-0.05, 0) is 55.5 Å². The Hall–Kier alpha value is -3.10. The van der Waals surface area contributed by atoms with E-state index >= 15 is 0 Å². The van der Waals surface area contributed by atoms with Crippen LogP contribution in [-0.4, -0.2) is 7.05 Å². The second-order valence-corrected chi connectivity index (χ2v) is 10.9. The number of anilines is 1. The van der Waals surface area contributed by atoms with Crippen LogP contribution >= 0.6 is 7.41 Å². The average molecular weight is 436 g/mol. The molecule has 0 N–H and O–H groups in total. The largest absolute Gasteiger partial charge is 0.237 e. The minimum Gasteiger partial charge on any atom is -0.237 e. The summed E-state index contributed by atoms with van der Waals surface area (Å²) in [6, 6.07) is 26.9. The van der Waals surface area contributed by atoms with Gasteiger partial charge in [0.25, 0.3) is 0 Å². The normalized spacial score (nSPS) is 11.4. The molecule has 0 aliphatic rings. The SMILES string of the molecule is Cc1ccc(N(C)[P+](c2cccc(F)c2)(c2cccc(F)c2)c2cccc(F)c2)cc1. The highest BCUT2D eigenvalue weighted by atomic mass is 31.2. The van der Waals surface area contributed by atoms with Crippen LogP contribution < -0.4 is 20.6 Å². The van der Waals surface area contributed by atoms with E-state index in [0.29, 0.717) is 15.9 Å². The van der Waals surface area contributed by atoms with Gasteiger partial charge in [-0.15, -0.1) is 0 Å². The highest BCUT2D eigenvalue weighted by Crippen LogP contribution is 2.59. The summed E-state index contributed by atoms with van der Waals surface area (Å²) < 4.78 is 45.4. The number of aryl methyl sites for hydroxylation is 1. The fourth-order valence-electron chi connectivity index (χ4n) is 3.93. The van der Waals surface area contributed by atoms with Gasteiger partial charge in [0.05, 0.1) is 5.69 Å². The van der Waals surface area contributed by atoms with Gasteiger partial charge in [0, 0.05) is 25.2 Å². The van der Waals surface area contributed by atoms with E-state index in [9.17, 15) is 13.2 Å². The number of hydrogen-bond acceptors (Lipinski definition) is 1. The zero-order valence-corrected chi connectivity index (χ0v) is 18.2. The first kappa shape index (κ1) is 21.1. The second kappa shape index (κ2) is 8.56. The highest BCUT2D eigenvalue weighted by Gasteiger charge is 2.51. The third-order valence-corrected chi connectivity index (χ3v) is 9.61. The van der Waals surface area contributed by atoms with Crippen molar-refractivity contribution in [2.45, 2.75) is 6.92 Å². The average Bonchev–Trinajstić information content (AvgIpc) is 2.75. The molecule has 0 heterocycles. The van der Waals surface area contributed by atoms with Crippen molar-refractivity contribution in [2.24, 2.45) is 0 Å². The number of benzene rings is 4. The van der Waals surface area contributed by atoms with Crippen LogP contribution in [0.15, 0.2) is 97.1 Å². The molecule has 0 amide bonds. The number of rotatable bonds is 5. The quantitative estimate of drug-likeness (QED) is 0.360. The lowest BCUT2D eigenvalue weighted by Crippen LogP contribution is -2.42. The van der Waals surface area contributed by atoms with Gasteiger partial charge in [-0.2, -0.15) is 0 Å². The molecule has 0 bridgehead atoms. The van der Waals surface area contributed by atoms with Crippen molar-refractivity contribution < 1.29 is 13.2 Å². The summed E-state index contributed by atoms with van der Waals surface area (Å²) in [4.78, 5) is 0. The predicted octanol–water partition coefficient (Wildman–Crippen LogP) is 5.76. The van der Waals surface area contributed by atoms with Crippen LogP contribution in [-0.2, 0) is 0 Å². The molecule has 5 heteroatoms. The monoisotopic (exact) mass is 436 g/mol. The lowest BCUT2D eigenvalue weighted by atomic mass is 10.2. The van der Waals surface area contributed by atoms with E-state index in [2.05, 4.69) is 0 Å². The minimum atomic E-state index is -2.85. The van der Waals surface area contributed by atoms with Crippen molar-refractivity contribution in [2.75, 3.05) is 11.7 Å². The van der Waals surface area contributed by atoms with Crippen LogP contribution in [0.25, 0.3) is 0 Å². The van der Waals surface area contributed by atoms with Crippen molar-refractivity contribution in [3.8, 4) is 0 Å². The lowest BCUT2D eigenvalue weighted by Gasteiger charge is -2.35. The summed E-state index contributed by atoms with van der Waals surface area (Å²) in [6.07, 6.45) is 0. The molecule has 4 aromatic carbocycles. The first-order valence-corrected chi connectivity index (χ1v) is 11.6. The van der Waals surface area contributed by atoms with E-state index in [1.54, 1.807) is 18.2 Å². The molecular formula is C26H22F3NP+. The maximum absolute atomic E-state index is 14.5. The van der Waals surface area contributed by atoms with Gasteiger partial charge in [0.15, 0.2) is 0 Å². The van der Waals surface area contributed by atoms with Gasteiger partial charge in [0.2, 0.25) is 7.41 Å². The highest BCUT2D eigenvalue weighted by molar-refractivity contribution is 7.96. The van der Waals surface area contributed by atoms with Crippen molar-refractivity contribution in [3.05, 3.63) is 120 Å². The minimum absolute atomic E-state index is 0.396. The van der Waals surface area contributed by atoms with Crippen molar-refractivity contribution >= 4 is 29.0 Å². The Balaban J connectivity index is 2.11. The molecule has 0 saturated carbocycles. The predicted molar refractivity (Wildman–Crippen MR) is 125 cm³/mol. The van der Waals surface area contributed by atoms with Crippen molar-refractivity contribution in [3.63, 3.8) is 0 Å². The molecule has 0 aliphatic carbocycles. The summed E-state index contributed by atoms with van der Waals surface area (Å²) in [5.74, 6) is -1.19. The summed E-state index contributed by atoms with van der Waals surface area (Å²) in [6.45, 7) is 2.00. The topological polar surface area (TPSA) is 3.24 Å². The number of nitrogens with zero attached hydrogens (tertiary/aromatic N) is 1. The Kier molecular flexibility index (Phi) is 5.84. The van der Waals surface area contributed by atoms with E-state index in [1.165, 1.54) is 36.4 Å². The third kappa shape index (κ3) is 3.96. The molecule has 0 unspecified atom stereocenters. The zero-order valence-electron chi connectivity index (χ0n) is 17.3. The Morgan fingerprint density at radius 2 is 0.968 bits per heavy atom. The number of halogens is 3. The van der Waals surface area contributed by atoms with Crippen molar-refractivity contribution in [1.29, 1.82) is 0 Å². The Morgan fingerprint density at radius 1 is 0.581 bits per heavy atom. The van der Waals surface area contributed by atoms with E-state index < -0.39 is 24.9 Å². The van der Waals surface area contributed by atoms with Gasteiger partial charge in [-0.1, -0.05) is 35.9 Å². The summed E-state index contributed by atoms with van der Waals surface area (Å²) in [5, 5.41) is 2.02. The molecule has 0 fully saturated rings. The Bertz CT molecular complexity index is 1100. The van der Waals surface area contributed by atoms with Gasteiger partial charge in [-0.25, -0.2) is 17.8 Å².